The van der Waals surface area contributed by atoms with Crippen LogP contribution >= 0.6 is 23.4 Å². The van der Waals surface area contributed by atoms with Gasteiger partial charge in [0.2, 0.25) is 11.0 Å². The molecule has 148 valence electrons. The Bertz CT molecular complexity index is 1130. The highest BCUT2D eigenvalue weighted by molar-refractivity contribution is 7.98. The molecule has 0 amide bonds. The van der Waals surface area contributed by atoms with E-state index in [9.17, 15) is 0 Å². The molecular weight excluding hydrogens is 412 g/mol. The number of thioether (sulfide) groups is 1. The summed E-state index contributed by atoms with van der Waals surface area (Å²) in [7, 11) is 0. The fourth-order valence-corrected chi connectivity index (χ4v) is 3.20. The van der Waals surface area contributed by atoms with Crippen LogP contribution in [0.1, 0.15) is 17.1 Å². The number of rotatable bonds is 7. The molecular formula is C20H17ClN4O3S. The Morgan fingerprint density at radius 3 is 2.90 bits per heavy atom. The fourth-order valence-electron chi connectivity index (χ4n) is 2.61. The van der Waals surface area contributed by atoms with Crippen molar-refractivity contribution < 1.29 is 13.6 Å². The average Bonchev–Trinajstić information content (AvgIpc) is 3.47. The van der Waals surface area contributed by atoms with Crippen molar-refractivity contribution in [3.05, 3.63) is 70.8 Å². The van der Waals surface area contributed by atoms with Crippen molar-refractivity contribution in [3.8, 4) is 17.3 Å². The molecule has 0 aliphatic heterocycles. The lowest BCUT2D eigenvalue weighted by Crippen LogP contribution is -1.96. The van der Waals surface area contributed by atoms with Crippen molar-refractivity contribution >= 4 is 29.6 Å². The van der Waals surface area contributed by atoms with E-state index >= 15 is 0 Å². The number of furan rings is 2. The molecule has 4 aromatic rings. The van der Waals surface area contributed by atoms with Gasteiger partial charge >= 0.3 is 0 Å². The molecule has 9 heteroatoms. The summed E-state index contributed by atoms with van der Waals surface area (Å²) in [4.78, 5) is 0. The van der Waals surface area contributed by atoms with E-state index in [0.29, 0.717) is 33.3 Å². The van der Waals surface area contributed by atoms with Crippen LogP contribution in [0.5, 0.6) is 5.75 Å². The van der Waals surface area contributed by atoms with Gasteiger partial charge in [0.1, 0.15) is 23.9 Å². The van der Waals surface area contributed by atoms with E-state index in [1.165, 1.54) is 11.8 Å². The van der Waals surface area contributed by atoms with Crippen LogP contribution in [0.3, 0.4) is 0 Å². The van der Waals surface area contributed by atoms with Gasteiger partial charge in [-0.3, -0.25) is 0 Å². The number of ether oxygens (including phenoxy) is 1. The molecule has 0 unspecified atom stereocenters. The van der Waals surface area contributed by atoms with Crippen LogP contribution in [0, 0.1) is 6.92 Å². The van der Waals surface area contributed by atoms with Gasteiger partial charge in [0.15, 0.2) is 5.76 Å². The first-order valence-electron chi connectivity index (χ1n) is 8.70. The topological polar surface area (TPSA) is 78.6 Å². The Kier molecular flexibility index (Phi) is 5.73. The maximum absolute atomic E-state index is 6.12. The predicted octanol–water partition coefficient (Wildman–Crippen LogP) is 5.28. The third-order valence-electron chi connectivity index (χ3n) is 4.11. The van der Waals surface area contributed by atoms with Gasteiger partial charge in [-0.1, -0.05) is 29.4 Å². The molecule has 0 radical (unpaired) electrons. The Morgan fingerprint density at radius 1 is 1.21 bits per heavy atom. The smallest absolute Gasteiger partial charge is 0.221 e. The molecule has 0 fully saturated rings. The Hall–Kier alpha value is -2.97. The largest absolute Gasteiger partial charge is 0.485 e. The van der Waals surface area contributed by atoms with Gasteiger partial charge in [-0.2, -0.15) is 9.78 Å². The molecule has 29 heavy (non-hydrogen) atoms. The summed E-state index contributed by atoms with van der Waals surface area (Å²) in [6.45, 7) is 2.20. The molecule has 1 aromatic carbocycles. The molecule has 4 rings (SSSR count). The molecule has 3 heterocycles. The summed E-state index contributed by atoms with van der Waals surface area (Å²) in [6, 6.07) is 12.8. The minimum Gasteiger partial charge on any atom is -0.485 e. The van der Waals surface area contributed by atoms with Gasteiger partial charge in [-0.05, 0) is 49.6 Å². The summed E-state index contributed by atoms with van der Waals surface area (Å²) >= 11 is 7.56. The van der Waals surface area contributed by atoms with Crippen molar-refractivity contribution in [2.24, 2.45) is 5.10 Å². The molecule has 0 aliphatic carbocycles. The lowest BCUT2D eigenvalue weighted by Gasteiger charge is -2.08. The monoisotopic (exact) mass is 428 g/mol. The van der Waals surface area contributed by atoms with Gasteiger partial charge in [0, 0.05) is 10.6 Å². The molecule has 0 saturated carbocycles. The van der Waals surface area contributed by atoms with Crippen molar-refractivity contribution in [2.45, 2.75) is 18.7 Å². The van der Waals surface area contributed by atoms with Crippen molar-refractivity contribution in [1.82, 2.24) is 14.9 Å². The summed E-state index contributed by atoms with van der Waals surface area (Å²) in [5.41, 5.74) is 0.894. The second-order valence-electron chi connectivity index (χ2n) is 6.00. The van der Waals surface area contributed by atoms with E-state index in [-0.39, 0.29) is 6.61 Å². The number of aromatic nitrogens is 3. The maximum atomic E-state index is 6.12. The van der Waals surface area contributed by atoms with E-state index < -0.39 is 0 Å². The van der Waals surface area contributed by atoms with Crippen LogP contribution in [0.2, 0.25) is 5.02 Å². The summed E-state index contributed by atoms with van der Waals surface area (Å²) < 4.78 is 18.6. The predicted molar refractivity (Wildman–Crippen MR) is 112 cm³/mol. The SMILES string of the molecule is CSc1nnc(-c2ccco2)n1/N=C/c1ccc(COc2cccc(Cl)c2C)o1. The van der Waals surface area contributed by atoms with Crippen molar-refractivity contribution in [3.63, 3.8) is 0 Å². The molecule has 0 N–H and O–H groups in total. The second-order valence-corrected chi connectivity index (χ2v) is 7.18. The van der Waals surface area contributed by atoms with E-state index in [4.69, 9.17) is 25.2 Å². The standard InChI is InChI=1S/C20H17ClN4O3S/c1-13-16(21)5-3-6-17(13)27-12-15-9-8-14(28-15)11-22-25-19(18-7-4-10-26-18)23-24-20(25)29-2/h3-11H,12H2,1-2H3/b22-11+. The highest BCUT2D eigenvalue weighted by atomic mass is 35.5. The second kappa shape index (κ2) is 8.59. The molecule has 0 bridgehead atoms. The molecule has 0 saturated heterocycles. The highest BCUT2D eigenvalue weighted by Gasteiger charge is 2.15. The average molecular weight is 429 g/mol. The number of hydrogen-bond donors (Lipinski definition) is 0. The molecule has 0 spiro atoms. The van der Waals surface area contributed by atoms with Gasteiger partial charge in [0.25, 0.3) is 0 Å². The van der Waals surface area contributed by atoms with E-state index in [1.807, 2.05) is 43.5 Å². The van der Waals surface area contributed by atoms with E-state index in [1.54, 1.807) is 29.3 Å². The van der Waals surface area contributed by atoms with Crippen LogP contribution in [0.15, 0.2) is 67.8 Å². The minimum atomic E-state index is 0.287. The summed E-state index contributed by atoms with van der Waals surface area (Å²) in [6.07, 6.45) is 5.09. The number of benzene rings is 1. The van der Waals surface area contributed by atoms with Crippen LogP contribution < -0.4 is 4.74 Å². The summed E-state index contributed by atoms with van der Waals surface area (Å²) in [5, 5.41) is 14.0. The normalized spacial score (nSPS) is 11.4. The molecule has 0 atom stereocenters. The molecule has 0 aliphatic rings. The lowest BCUT2D eigenvalue weighted by atomic mass is 10.2. The third kappa shape index (κ3) is 4.23. The lowest BCUT2D eigenvalue weighted by molar-refractivity contribution is 0.268. The third-order valence-corrected chi connectivity index (χ3v) is 5.14. The van der Waals surface area contributed by atoms with Crippen LogP contribution in [-0.2, 0) is 6.61 Å². The van der Waals surface area contributed by atoms with Crippen LogP contribution in [0.4, 0.5) is 0 Å². The zero-order chi connectivity index (χ0) is 20.2. The summed E-state index contributed by atoms with van der Waals surface area (Å²) in [5.74, 6) is 3.08. The van der Waals surface area contributed by atoms with E-state index in [0.717, 1.165) is 11.3 Å². The van der Waals surface area contributed by atoms with Gasteiger partial charge < -0.3 is 13.6 Å². The number of halogens is 1. The first-order chi connectivity index (χ1) is 14.2. The molecule has 3 aromatic heterocycles. The number of nitrogens with zero attached hydrogens (tertiary/aromatic N) is 4. The van der Waals surface area contributed by atoms with Crippen molar-refractivity contribution in [1.29, 1.82) is 0 Å². The first kappa shape index (κ1) is 19.4. The van der Waals surface area contributed by atoms with Gasteiger partial charge in [-0.25, -0.2) is 0 Å². The first-order valence-corrected chi connectivity index (χ1v) is 10.3. The Balaban J connectivity index is 1.49. The van der Waals surface area contributed by atoms with Gasteiger partial charge in [-0.15, -0.1) is 10.2 Å². The fraction of sp³-hybridized carbons (Fsp3) is 0.150. The zero-order valence-electron chi connectivity index (χ0n) is 15.7. The quantitative estimate of drug-likeness (QED) is 0.294. The van der Waals surface area contributed by atoms with Crippen molar-refractivity contribution in [2.75, 3.05) is 6.26 Å². The zero-order valence-corrected chi connectivity index (χ0v) is 17.3. The van der Waals surface area contributed by atoms with Crippen LogP contribution in [0.25, 0.3) is 11.6 Å². The van der Waals surface area contributed by atoms with Crippen LogP contribution in [-0.4, -0.2) is 27.3 Å². The molecule has 7 nitrogen and oxygen atoms in total. The Labute approximate surface area is 176 Å². The van der Waals surface area contributed by atoms with E-state index in [2.05, 4.69) is 15.3 Å². The minimum absolute atomic E-state index is 0.287. The highest BCUT2D eigenvalue weighted by Crippen LogP contribution is 2.26. The van der Waals surface area contributed by atoms with Gasteiger partial charge in [0.05, 0.1) is 12.5 Å². The Morgan fingerprint density at radius 2 is 2.10 bits per heavy atom. The number of hydrogen-bond acceptors (Lipinski definition) is 7. The maximum Gasteiger partial charge on any atom is 0.221 e.